The summed E-state index contributed by atoms with van der Waals surface area (Å²) in [6, 6.07) is 0.128. The highest BCUT2D eigenvalue weighted by atomic mass is 19.1. The van der Waals surface area contributed by atoms with Gasteiger partial charge in [-0.2, -0.15) is 8.78 Å². The predicted molar refractivity (Wildman–Crippen MR) is 44.4 cm³/mol. The van der Waals surface area contributed by atoms with Gasteiger partial charge in [0.25, 0.3) is 0 Å². The molecular weight excluding hydrogens is 214 g/mol. The van der Waals surface area contributed by atoms with Crippen LogP contribution in [0.3, 0.4) is 0 Å². The van der Waals surface area contributed by atoms with Crippen LogP contribution in [-0.4, -0.2) is 9.85 Å². The molecule has 1 aromatic carbocycles. The van der Waals surface area contributed by atoms with Gasteiger partial charge >= 0.3 is 11.4 Å². The lowest BCUT2D eigenvalue weighted by Crippen LogP contribution is -2.03. The number of nitro benzene ring substituents is 2. The van der Waals surface area contributed by atoms with E-state index in [1.54, 1.807) is 0 Å². The number of hydrogen-bond donors (Lipinski definition) is 0. The molecule has 6 nitrogen and oxygen atoms in total. The van der Waals surface area contributed by atoms with Gasteiger partial charge in [-0.05, 0) is 6.92 Å². The van der Waals surface area contributed by atoms with E-state index in [0.717, 1.165) is 6.92 Å². The van der Waals surface area contributed by atoms with Gasteiger partial charge in [-0.1, -0.05) is 0 Å². The molecule has 0 N–H and O–H groups in total. The Morgan fingerprint density at radius 2 is 1.40 bits per heavy atom. The summed E-state index contributed by atoms with van der Waals surface area (Å²) in [5.41, 5.74) is -2.80. The fourth-order valence-corrected chi connectivity index (χ4v) is 1.17. The van der Waals surface area contributed by atoms with Crippen LogP contribution < -0.4 is 0 Å². The molecule has 0 saturated heterocycles. The number of benzene rings is 1. The summed E-state index contributed by atoms with van der Waals surface area (Å²) in [5.74, 6) is -2.86. The molecule has 15 heavy (non-hydrogen) atoms. The summed E-state index contributed by atoms with van der Waals surface area (Å²) in [4.78, 5) is 18.4. The smallest absolute Gasteiger partial charge is 0.258 e. The van der Waals surface area contributed by atoms with Crippen LogP contribution in [0.15, 0.2) is 6.07 Å². The van der Waals surface area contributed by atoms with E-state index in [1.807, 2.05) is 0 Å². The fraction of sp³-hybridized carbons (Fsp3) is 0.143. The van der Waals surface area contributed by atoms with E-state index in [0.29, 0.717) is 0 Å². The van der Waals surface area contributed by atoms with Crippen molar-refractivity contribution in [3.8, 4) is 0 Å². The molecule has 0 radical (unpaired) electrons. The second kappa shape index (κ2) is 3.56. The topological polar surface area (TPSA) is 86.3 Å². The third kappa shape index (κ3) is 1.73. The molecule has 1 aromatic rings. The number of nitrogens with zero attached hydrogens (tertiary/aromatic N) is 2. The maximum atomic E-state index is 12.9. The second-order valence-electron chi connectivity index (χ2n) is 2.68. The first-order valence-corrected chi connectivity index (χ1v) is 3.63. The number of rotatable bonds is 2. The normalized spacial score (nSPS) is 10.1. The summed E-state index contributed by atoms with van der Waals surface area (Å²) >= 11 is 0. The van der Waals surface area contributed by atoms with Crippen molar-refractivity contribution in [1.82, 2.24) is 0 Å². The van der Waals surface area contributed by atoms with Crippen LogP contribution in [0.1, 0.15) is 5.56 Å². The zero-order valence-corrected chi connectivity index (χ0v) is 7.36. The molecule has 0 spiro atoms. The Hall–Kier alpha value is -2.12. The molecule has 0 aliphatic heterocycles. The van der Waals surface area contributed by atoms with Gasteiger partial charge in [0.05, 0.1) is 9.85 Å². The number of halogens is 2. The lowest BCUT2D eigenvalue weighted by molar-refractivity contribution is -0.398. The van der Waals surface area contributed by atoms with Gasteiger partial charge in [0.1, 0.15) is 5.56 Å². The highest BCUT2D eigenvalue weighted by molar-refractivity contribution is 5.54. The van der Waals surface area contributed by atoms with Crippen LogP contribution in [0.25, 0.3) is 0 Å². The quantitative estimate of drug-likeness (QED) is 0.561. The van der Waals surface area contributed by atoms with Crippen molar-refractivity contribution < 1.29 is 18.6 Å². The first kappa shape index (κ1) is 11.0. The molecule has 0 saturated carbocycles. The van der Waals surface area contributed by atoms with E-state index in [-0.39, 0.29) is 6.07 Å². The van der Waals surface area contributed by atoms with Crippen molar-refractivity contribution in [2.45, 2.75) is 6.92 Å². The molecule has 0 aromatic heterocycles. The van der Waals surface area contributed by atoms with E-state index in [1.165, 1.54) is 0 Å². The fourth-order valence-electron chi connectivity index (χ4n) is 1.17. The average Bonchev–Trinajstić information content (AvgIpc) is 1.99. The Morgan fingerprint density at radius 1 is 1.07 bits per heavy atom. The molecule has 0 heterocycles. The van der Waals surface area contributed by atoms with Crippen molar-refractivity contribution in [3.05, 3.63) is 43.5 Å². The van der Waals surface area contributed by atoms with Crippen LogP contribution in [-0.2, 0) is 0 Å². The minimum atomic E-state index is -1.43. The van der Waals surface area contributed by atoms with Gasteiger partial charge < -0.3 is 0 Å². The summed E-state index contributed by atoms with van der Waals surface area (Å²) in [6.07, 6.45) is 0. The lowest BCUT2D eigenvalue weighted by atomic mass is 10.1. The monoisotopic (exact) mass is 218 g/mol. The highest BCUT2D eigenvalue weighted by Crippen LogP contribution is 2.32. The van der Waals surface area contributed by atoms with Gasteiger partial charge in [0, 0.05) is 6.07 Å². The molecule has 0 fully saturated rings. The molecule has 1 rings (SSSR count). The van der Waals surface area contributed by atoms with Crippen LogP contribution in [0, 0.1) is 38.8 Å². The third-order valence-corrected chi connectivity index (χ3v) is 1.78. The van der Waals surface area contributed by atoms with Gasteiger partial charge in [-0.25, -0.2) is 0 Å². The first-order chi connectivity index (χ1) is 6.86. The Bertz CT molecular complexity index is 423. The van der Waals surface area contributed by atoms with Crippen molar-refractivity contribution in [3.63, 3.8) is 0 Å². The molecule has 80 valence electrons. The van der Waals surface area contributed by atoms with Crippen molar-refractivity contribution in [2.75, 3.05) is 0 Å². The molecule has 0 amide bonds. The SMILES string of the molecule is Cc1c([N+](=O)[O-])c(F)cc(F)c1[N+](=O)[O-]. The zero-order valence-electron chi connectivity index (χ0n) is 7.36. The van der Waals surface area contributed by atoms with Crippen LogP contribution in [0.2, 0.25) is 0 Å². The third-order valence-electron chi connectivity index (χ3n) is 1.78. The van der Waals surface area contributed by atoms with Crippen molar-refractivity contribution in [2.24, 2.45) is 0 Å². The van der Waals surface area contributed by atoms with E-state index in [4.69, 9.17) is 0 Å². The van der Waals surface area contributed by atoms with Crippen LogP contribution >= 0.6 is 0 Å². The predicted octanol–water partition coefficient (Wildman–Crippen LogP) is 2.09. The van der Waals surface area contributed by atoms with Gasteiger partial charge in [-0.3, -0.25) is 20.2 Å². The summed E-state index contributed by atoms with van der Waals surface area (Å²) in [6.45, 7) is 0.919. The lowest BCUT2D eigenvalue weighted by Gasteiger charge is -2.00. The number of nitro groups is 2. The summed E-state index contributed by atoms with van der Waals surface area (Å²) in [5, 5.41) is 20.7. The van der Waals surface area contributed by atoms with E-state index in [9.17, 15) is 29.0 Å². The largest absolute Gasteiger partial charge is 0.314 e. The standard InChI is InChI=1S/C7H4F2N2O4/c1-3-6(10(12)13)4(8)2-5(9)7(3)11(14)15/h2H,1H3. The molecule has 0 aliphatic rings. The Balaban J connectivity index is 3.64. The first-order valence-electron chi connectivity index (χ1n) is 3.63. The Labute approximate surface area is 81.4 Å². The van der Waals surface area contributed by atoms with Gasteiger partial charge in [-0.15, -0.1) is 0 Å². The average molecular weight is 218 g/mol. The van der Waals surface area contributed by atoms with Crippen LogP contribution in [0.4, 0.5) is 20.2 Å². The molecule has 8 heteroatoms. The maximum Gasteiger partial charge on any atom is 0.314 e. The van der Waals surface area contributed by atoms with Gasteiger partial charge in [0.15, 0.2) is 0 Å². The Kier molecular flexibility index (Phi) is 2.60. The Morgan fingerprint density at radius 3 is 1.67 bits per heavy atom. The molecule has 0 unspecified atom stereocenters. The van der Waals surface area contributed by atoms with Gasteiger partial charge in [0.2, 0.25) is 11.6 Å². The minimum absolute atomic E-state index is 0.128. The molecular formula is C7H4F2N2O4. The summed E-state index contributed by atoms with van der Waals surface area (Å²) in [7, 11) is 0. The highest BCUT2D eigenvalue weighted by Gasteiger charge is 2.30. The zero-order chi connectivity index (χ0) is 11.7. The maximum absolute atomic E-state index is 12.9. The second-order valence-corrected chi connectivity index (χ2v) is 2.68. The van der Waals surface area contributed by atoms with Crippen LogP contribution in [0.5, 0.6) is 0 Å². The van der Waals surface area contributed by atoms with E-state index < -0.39 is 38.4 Å². The summed E-state index contributed by atoms with van der Waals surface area (Å²) < 4.78 is 25.8. The van der Waals surface area contributed by atoms with Crippen molar-refractivity contribution >= 4 is 11.4 Å². The molecule has 0 aliphatic carbocycles. The minimum Gasteiger partial charge on any atom is -0.258 e. The van der Waals surface area contributed by atoms with Crippen molar-refractivity contribution in [1.29, 1.82) is 0 Å². The van der Waals surface area contributed by atoms with E-state index in [2.05, 4.69) is 0 Å². The molecule has 0 bridgehead atoms. The number of hydrogen-bond acceptors (Lipinski definition) is 4. The van der Waals surface area contributed by atoms with E-state index >= 15 is 0 Å². The molecule has 0 atom stereocenters.